The average Bonchev–Trinajstić information content (AvgIpc) is 3.32. The topological polar surface area (TPSA) is 72.5 Å². The van der Waals surface area contributed by atoms with Gasteiger partial charge in [0.25, 0.3) is 5.91 Å². The van der Waals surface area contributed by atoms with Gasteiger partial charge in [0.05, 0.1) is 37.1 Å². The third kappa shape index (κ3) is 3.89. The summed E-state index contributed by atoms with van der Waals surface area (Å²) in [6.45, 7) is 7.32. The van der Waals surface area contributed by atoms with E-state index in [0.717, 1.165) is 62.7 Å². The van der Waals surface area contributed by atoms with Crippen molar-refractivity contribution in [1.82, 2.24) is 14.5 Å². The molecule has 3 aromatic rings. The summed E-state index contributed by atoms with van der Waals surface area (Å²) < 4.78 is 12.9. The number of rotatable bonds is 6. The van der Waals surface area contributed by atoms with Gasteiger partial charge in [-0.05, 0) is 36.8 Å². The number of benzene rings is 1. The lowest BCUT2D eigenvalue weighted by molar-refractivity contribution is 0.0326. The summed E-state index contributed by atoms with van der Waals surface area (Å²) in [5.74, 6) is 1.09. The summed E-state index contributed by atoms with van der Waals surface area (Å²) >= 11 is 0. The van der Waals surface area contributed by atoms with Gasteiger partial charge in [-0.15, -0.1) is 0 Å². The highest BCUT2D eigenvalue weighted by Gasteiger charge is 2.17. The number of amides is 1. The Morgan fingerprint density at radius 1 is 1.26 bits per heavy atom. The molecule has 1 aromatic carbocycles. The number of aromatic nitrogens is 2. The van der Waals surface area contributed by atoms with Gasteiger partial charge in [-0.2, -0.15) is 0 Å². The van der Waals surface area contributed by atoms with Crippen LogP contribution >= 0.6 is 0 Å². The number of furan rings is 1. The molecule has 27 heavy (non-hydrogen) atoms. The minimum atomic E-state index is -0.263. The van der Waals surface area contributed by atoms with Gasteiger partial charge in [-0.1, -0.05) is 6.92 Å². The zero-order valence-electron chi connectivity index (χ0n) is 15.5. The first-order chi connectivity index (χ1) is 13.2. The van der Waals surface area contributed by atoms with Gasteiger partial charge in [0.1, 0.15) is 5.82 Å². The van der Waals surface area contributed by atoms with Gasteiger partial charge in [-0.3, -0.25) is 9.69 Å². The summed E-state index contributed by atoms with van der Waals surface area (Å²) in [6.07, 6.45) is 2.53. The number of aryl methyl sites for hydroxylation is 1. The summed E-state index contributed by atoms with van der Waals surface area (Å²) in [5.41, 5.74) is 2.70. The van der Waals surface area contributed by atoms with Crippen LogP contribution in [0, 0.1) is 0 Å². The van der Waals surface area contributed by atoms with Crippen molar-refractivity contribution < 1.29 is 13.9 Å². The van der Waals surface area contributed by atoms with E-state index in [-0.39, 0.29) is 5.91 Å². The van der Waals surface area contributed by atoms with Gasteiger partial charge >= 0.3 is 0 Å². The van der Waals surface area contributed by atoms with Crippen LogP contribution in [0.1, 0.15) is 29.7 Å². The molecular weight excluding hydrogens is 344 g/mol. The molecule has 4 rings (SSSR count). The van der Waals surface area contributed by atoms with Crippen molar-refractivity contribution in [2.24, 2.45) is 0 Å². The number of hydrogen-bond donors (Lipinski definition) is 1. The van der Waals surface area contributed by atoms with Crippen LogP contribution in [-0.4, -0.2) is 46.7 Å². The molecule has 1 saturated heterocycles. The lowest BCUT2D eigenvalue weighted by Gasteiger charge is -2.26. The smallest absolute Gasteiger partial charge is 0.291 e. The highest BCUT2D eigenvalue weighted by Crippen LogP contribution is 2.23. The third-order valence-corrected chi connectivity index (χ3v) is 4.75. The van der Waals surface area contributed by atoms with Gasteiger partial charge in [0.2, 0.25) is 0 Å². The Labute approximate surface area is 157 Å². The monoisotopic (exact) mass is 368 g/mol. The second-order valence-electron chi connectivity index (χ2n) is 6.70. The molecule has 0 bridgehead atoms. The number of fused-ring (bicyclic) bond motifs is 1. The number of carbonyl (C=O) groups is 1. The fraction of sp³-hybridized carbons (Fsp3) is 0.400. The maximum atomic E-state index is 12.2. The van der Waals surface area contributed by atoms with Gasteiger partial charge in [0.15, 0.2) is 5.76 Å². The molecule has 142 valence electrons. The molecule has 1 aliphatic rings. The van der Waals surface area contributed by atoms with Gasteiger partial charge < -0.3 is 19.0 Å². The molecule has 3 heterocycles. The van der Waals surface area contributed by atoms with Crippen LogP contribution in [0.2, 0.25) is 0 Å². The lowest BCUT2D eigenvalue weighted by atomic mass is 10.2. The van der Waals surface area contributed by atoms with E-state index >= 15 is 0 Å². The predicted molar refractivity (Wildman–Crippen MR) is 103 cm³/mol. The average molecular weight is 368 g/mol. The molecule has 0 radical (unpaired) electrons. The van der Waals surface area contributed by atoms with Crippen LogP contribution in [0.15, 0.2) is 41.0 Å². The summed E-state index contributed by atoms with van der Waals surface area (Å²) in [4.78, 5) is 19.4. The number of hydrogen-bond acceptors (Lipinski definition) is 5. The van der Waals surface area contributed by atoms with Gasteiger partial charge in [-0.25, -0.2) is 4.98 Å². The van der Waals surface area contributed by atoms with Gasteiger partial charge in [0, 0.05) is 25.3 Å². The lowest BCUT2D eigenvalue weighted by Crippen LogP contribution is -2.36. The van der Waals surface area contributed by atoms with E-state index in [9.17, 15) is 4.79 Å². The minimum absolute atomic E-state index is 0.263. The summed E-state index contributed by atoms with van der Waals surface area (Å²) in [5, 5.41) is 2.87. The summed E-state index contributed by atoms with van der Waals surface area (Å²) in [6, 6.07) is 9.20. The van der Waals surface area contributed by atoms with Crippen LogP contribution < -0.4 is 5.32 Å². The number of morpholine rings is 1. The Bertz CT molecular complexity index is 911. The number of imidazole rings is 1. The quantitative estimate of drug-likeness (QED) is 0.724. The summed E-state index contributed by atoms with van der Waals surface area (Å²) in [7, 11) is 0. The Hall–Kier alpha value is -2.64. The van der Waals surface area contributed by atoms with E-state index < -0.39 is 0 Å². The van der Waals surface area contributed by atoms with Crippen molar-refractivity contribution in [3.05, 3.63) is 48.2 Å². The molecule has 1 aliphatic heterocycles. The van der Waals surface area contributed by atoms with Crippen molar-refractivity contribution in [3.63, 3.8) is 0 Å². The first kappa shape index (κ1) is 17.8. The number of ether oxygens (including phenoxy) is 1. The zero-order valence-corrected chi connectivity index (χ0v) is 15.5. The molecule has 7 heteroatoms. The van der Waals surface area contributed by atoms with Crippen LogP contribution in [0.5, 0.6) is 0 Å². The first-order valence-electron chi connectivity index (χ1n) is 9.38. The molecule has 0 aliphatic carbocycles. The molecule has 1 N–H and O–H groups in total. The highest BCUT2D eigenvalue weighted by atomic mass is 16.5. The van der Waals surface area contributed by atoms with Crippen LogP contribution in [0.25, 0.3) is 11.0 Å². The number of nitrogens with zero attached hydrogens (tertiary/aromatic N) is 3. The third-order valence-electron chi connectivity index (χ3n) is 4.75. The minimum Gasteiger partial charge on any atom is -0.459 e. The van der Waals surface area contributed by atoms with Crippen LogP contribution in [0.3, 0.4) is 0 Å². The largest absolute Gasteiger partial charge is 0.459 e. The second kappa shape index (κ2) is 7.94. The normalized spacial score (nSPS) is 15.3. The molecule has 2 aromatic heterocycles. The molecule has 0 spiro atoms. The number of nitrogens with one attached hydrogen (secondary N) is 1. The van der Waals surface area contributed by atoms with E-state index in [2.05, 4.69) is 21.7 Å². The van der Waals surface area contributed by atoms with Crippen LogP contribution in [-0.2, 0) is 17.8 Å². The number of anilines is 1. The van der Waals surface area contributed by atoms with E-state index in [1.807, 2.05) is 18.2 Å². The highest BCUT2D eigenvalue weighted by molar-refractivity contribution is 6.03. The van der Waals surface area contributed by atoms with Crippen molar-refractivity contribution in [2.75, 3.05) is 31.6 Å². The Kier molecular flexibility index (Phi) is 5.22. The Balaban J connectivity index is 1.59. The van der Waals surface area contributed by atoms with E-state index in [4.69, 9.17) is 14.1 Å². The van der Waals surface area contributed by atoms with Crippen molar-refractivity contribution >= 4 is 22.6 Å². The van der Waals surface area contributed by atoms with E-state index in [1.165, 1.54) is 6.26 Å². The molecule has 7 nitrogen and oxygen atoms in total. The maximum Gasteiger partial charge on any atom is 0.291 e. The molecule has 0 atom stereocenters. The van der Waals surface area contributed by atoms with E-state index in [1.54, 1.807) is 12.1 Å². The Morgan fingerprint density at radius 3 is 2.85 bits per heavy atom. The standard InChI is InChI=1S/C20H24N4O3/c1-2-7-24-17-6-5-15(21-20(25)18-4-3-10-27-18)13-16(17)22-19(24)14-23-8-11-26-12-9-23/h3-6,10,13H,2,7-9,11-12,14H2,1H3,(H,21,25). The van der Waals surface area contributed by atoms with Crippen molar-refractivity contribution in [2.45, 2.75) is 26.4 Å². The van der Waals surface area contributed by atoms with Crippen molar-refractivity contribution in [1.29, 1.82) is 0 Å². The predicted octanol–water partition coefficient (Wildman–Crippen LogP) is 3.12. The number of carbonyl (C=O) groups excluding carboxylic acids is 1. The van der Waals surface area contributed by atoms with Crippen molar-refractivity contribution in [3.8, 4) is 0 Å². The fourth-order valence-electron chi connectivity index (χ4n) is 3.41. The molecule has 0 saturated carbocycles. The van der Waals surface area contributed by atoms with Crippen LogP contribution in [0.4, 0.5) is 5.69 Å². The maximum absolute atomic E-state index is 12.2. The fourth-order valence-corrected chi connectivity index (χ4v) is 3.41. The molecule has 0 unspecified atom stereocenters. The molecule has 1 amide bonds. The Morgan fingerprint density at radius 2 is 2.11 bits per heavy atom. The molecular formula is C20H24N4O3. The SMILES string of the molecule is CCCn1c(CN2CCOCC2)nc2cc(NC(=O)c3ccco3)ccc21. The molecule has 1 fully saturated rings. The first-order valence-corrected chi connectivity index (χ1v) is 9.38. The van der Waals surface area contributed by atoms with E-state index in [0.29, 0.717) is 11.4 Å². The zero-order chi connectivity index (χ0) is 18.6. The second-order valence-corrected chi connectivity index (χ2v) is 6.70.